The van der Waals surface area contributed by atoms with Gasteiger partial charge in [-0.2, -0.15) is 5.10 Å². The molecule has 0 amide bonds. The zero-order valence-corrected chi connectivity index (χ0v) is 11.0. The number of hydrogen-bond acceptors (Lipinski definition) is 4. The van der Waals surface area contributed by atoms with Gasteiger partial charge in [0, 0.05) is 18.4 Å². The molecule has 7 heteroatoms. The summed E-state index contributed by atoms with van der Waals surface area (Å²) in [6.07, 6.45) is 1.84. The van der Waals surface area contributed by atoms with E-state index in [1.165, 1.54) is 0 Å². The fourth-order valence-electron chi connectivity index (χ4n) is 1.33. The first-order valence-corrected chi connectivity index (χ1v) is 7.35. The van der Waals surface area contributed by atoms with E-state index in [1.807, 2.05) is 13.8 Å². The van der Waals surface area contributed by atoms with E-state index >= 15 is 0 Å². The predicted molar refractivity (Wildman–Crippen MR) is 66.5 cm³/mol. The fourth-order valence-corrected chi connectivity index (χ4v) is 2.20. The molecule has 0 saturated carbocycles. The van der Waals surface area contributed by atoms with Gasteiger partial charge in [-0.3, -0.25) is 9.82 Å². The summed E-state index contributed by atoms with van der Waals surface area (Å²) in [5.74, 6) is 0.279. The predicted octanol–water partition coefficient (Wildman–Crippen LogP) is 1.14. The number of hydrogen-bond donors (Lipinski definition) is 2. The lowest BCUT2D eigenvalue weighted by Crippen LogP contribution is -2.20. The zero-order valence-electron chi connectivity index (χ0n) is 10.2. The molecule has 0 aliphatic heterocycles. The number of anilines is 1. The van der Waals surface area contributed by atoms with Crippen molar-refractivity contribution in [3.8, 4) is 0 Å². The summed E-state index contributed by atoms with van der Waals surface area (Å²) in [5.41, 5.74) is 0.926. The van der Waals surface area contributed by atoms with Gasteiger partial charge in [0.2, 0.25) is 10.0 Å². The van der Waals surface area contributed by atoms with Crippen molar-refractivity contribution in [1.82, 2.24) is 10.2 Å². The molecule has 1 aromatic rings. The summed E-state index contributed by atoms with van der Waals surface area (Å²) in [7, 11) is -3.37. The number of rotatable bonds is 8. The van der Waals surface area contributed by atoms with Gasteiger partial charge in [0.05, 0.1) is 12.4 Å². The highest BCUT2D eigenvalue weighted by Crippen LogP contribution is 2.09. The highest BCUT2D eigenvalue weighted by molar-refractivity contribution is 7.92. The third-order valence-electron chi connectivity index (χ3n) is 2.11. The Morgan fingerprint density at radius 3 is 2.88 bits per heavy atom. The van der Waals surface area contributed by atoms with Crippen molar-refractivity contribution >= 4 is 15.8 Å². The second-order valence-corrected chi connectivity index (χ2v) is 5.49. The number of nitrogens with zero attached hydrogens (tertiary/aromatic N) is 1. The summed E-state index contributed by atoms with van der Waals surface area (Å²) in [5, 5.41) is 6.68. The normalized spacial score (nSPS) is 11.6. The molecule has 0 unspecified atom stereocenters. The maximum atomic E-state index is 11.6. The molecule has 2 N–H and O–H groups in total. The number of ether oxygens (including phenoxy) is 1. The minimum absolute atomic E-state index is 0.0587. The van der Waals surface area contributed by atoms with Crippen LogP contribution in [-0.2, 0) is 21.2 Å². The van der Waals surface area contributed by atoms with Crippen LogP contribution in [0.25, 0.3) is 0 Å². The van der Waals surface area contributed by atoms with Crippen molar-refractivity contribution in [2.45, 2.75) is 26.7 Å². The average molecular weight is 261 g/mol. The lowest BCUT2D eigenvalue weighted by molar-refractivity contribution is 0.163. The van der Waals surface area contributed by atoms with Gasteiger partial charge in [-0.05, 0) is 13.3 Å². The summed E-state index contributed by atoms with van der Waals surface area (Å²) in [6, 6.07) is 1.71. The lowest BCUT2D eigenvalue weighted by atomic mass is 10.2. The van der Waals surface area contributed by atoms with Crippen molar-refractivity contribution in [2.75, 3.05) is 23.7 Å². The zero-order chi connectivity index (χ0) is 12.7. The molecule has 0 aromatic carbocycles. The first kappa shape index (κ1) is 14.0. The van der Waals surface area contributed by atoms with Crippen molar-refractivity contribution in [2.24, 2.45) is 0 Å². The summed E-state index contributed by atoms with van der Waals surface area (Å²) >= 11 is 0. The van der Waals surface area contributed by atoms with Gasteiger partial charge in [-0.15, -0.1) is 0 Å². The molecule has 0 aliphatic carbocycles. The molecule has 0 aliphatic rings. The summed E-state index contributed by atoms with van der Waals surface area (Å²) in [4.78, 5) is 0. The molecule has 98 valence electrons. The molecule has 1 aromatic heterocycles. The Morgan fingerprint density at radius 1 is 1.47 bits per heavy atom. The van der Waals surface area contributed by atoms with Crippen molar-refractivity contribution in [3.05, 3.63) is 11.8 Å². The van der Waals surface area contributed by atoms with E-state index in [2.05, 4.69) is 14.9 Å². The van der Waals surface area contributed by atoms with Gasteiger partial charge < -0.3 is 4.74 Å². The van der Waals surface area contributed by atoms with Crippen LogP contribution in [0, 0.1) is 0 Å². The van der Waals surface area contributed by atoms with Crippen LogP contribution in [0.1, 0.15) is 26.0 Å². The van der Waals surface area contributed by atoms with Crippen molar-refractivity contribution < 1.29 is 13.2 Å². The molecule has 0 spiro atoms. The monoisotopic (exact) mass is 261 g/mol. The third-order valence-corrected chi connectivity index (χ3v) is 3.34. The second kappa shape index (κ2) is 6.61. The molecule has 0 atom stereocenters. The molecule has 0 saturated heterocycles. The third kappa shape index (κ3) is 5.18. The quantitative estimate of drug-likeness (QED) is 0.687. The summed E-state index contributed by atoms with van der Waals surface area (Å²) in [6.45, 7) is 4.58. The Morgan fingerprint density at radius 2 is 2.24 bits per heavy atom. The Balaban J connectivity index is 2.50. The molecule has 0 bridgehead atoms. The molecular weight excluding hydrogens is 242 g/mol. The van der Waals surface area contributed by atoms with Crippen LogP contribution >= 0.6 is 0 Å². The van der Waals surface area contributed by atoms with E-state index in [1.54, 1.807) is 6.07 Å². The molecule has 6 nitrogen and oxygen atoms in total. The van der Waals surface area contributed by atoms with Gasteiger partial charge in [0.25, 0.3) is 0 Å². The SMILES string of the molecule is CCCc1cc(NS(=O)(=O)CCOCC)n[nH]1. The number of sulfonamides is 1. The van der Waals surface area contributed by atoms with Crippen LogP contribution in [0.5, 0.6) is 0 Å². The molecule has 1 heterocycles. The number of nitrogens with one attached hydrogen (secondary N) is 2. The maximum absolute atomic E-state index is 11.6. The standard InChI is InChI=1S/C10H19N3O3S/c1-3-5-9-8-10(12-11-9)13-17(14,15)7-6-16-4-2/h8H,3-7H2,1-2H3,(H2,11,12,13). The Labute approximate surface area is 102 Å². The van der Waals surface area contributed by atoms with E-state index < -0.39 is 10.0 Å². The Kier molecular flexibility index (Phi) is 5.43. The van der Waals surface area contributed by atoms with Crippen LogP contribution < -0.4 is 4.72 Å². The number of H-pyrrole nitrogens is 1. The maximum Gasteiger partial charge on any atom is 0.236 e. The van der Waals surface area contributed by atoms with E-state index in [9.17, 15) is 8.42 Å². The molecule has 0 fully saturated rings. The van der Waals surface area contributed by atoms with Gasteiger partial charge in [-0.1, -0.05) is 13.3 Å². The molecule has 1 rings (SSSR count). The highest BCUT2D eigenvalue weighted by Gasteiger charge is 2.12. The fraction of sp³-hybridized carbons (Fsp3) is 0.700. The first-order valence-electron chi connectivity index (χ1n) is 5.70. The summed E-state index contributed by atoms with van der Waals surface area (Å²) < 4.78 is 30.6. The van der Waals surface area contributed by atoms with E-state index in [0.717, 1.165) is 18.5 Å². The van der Waals surface area contributed by atoms with Crippen LogP contribution in [0.4, 0.5) is 5.82 Å². The smallest absolute Gasteiger partial charge is 0.236 e. The molecular formula is C10H19N3O3S. The number of aromatic amines is 1. The Hall–Kier alpha value is -1.08. The Bertz CT molecular complexity index is 428. The van der Waals surface area contributed by atoms with Gasteiger partial charge in [-0.25, -0.2) is 8.42 Å². The molecule has 17 heavy (non-hydrogen) atoms. The van der Waals surface area contributed by atoms with Crippen LogP contribution in [-0.4, -0.2) is 37.6 Å². The average Bonchev–Trinajstić information content (AvgIpc) is 2.65. The van der Waals surface area contributed by atoms with Crippen molar-refractivity contribution in [1.29, 1.82) is 0 Å². The number of aromatic nitrogens is 2. The number of aryl methyl sites for hydroxylation is 1. The topological polar surface area (TPSA) is 84.1 Å². The molecule has 0 radical (unpaired) electrons. The lowest BCUT2D eigenvalue weighted by Gasteiger charge is -2.04. The van der Waals surface area contributed by atoms with Crippen LogP contribution in [0.15, 0.2) is 6.07 Å². The van der Waals surface area contributed by atoms with E-state index in [4.69, 9.17) is 4.74 Å². The van der Waals surface area contributed by atoms with Gasteiger partial charge in [0.1, 0.15) is 0 Å². The van der Waals surface area contributed by atoms with Crippen LogP contribution in [0.3, 0.4) is 0 Å². The van der Waals surface area contributed by atoms with E-state index in [0.29, 0.717) is 12.4 Å². The van der Waals surface area contributed by atoms with Gasteiger partial charge in [0.15, 0.2) is 5.82 Å². The largest absolute Gasteiger partial charge is 0.381 e. The van der Waals surface area contributed by atoms with Crippen molar-refractivity contribution in [3.63, 3.8) is 0 Å². The second-order valence-electron chi connectivity index (χ2n) is 3.65. The minimum atomic E-state index is -3.37. The van der Waals surface area contributed by atoms with Gasteiger partial charge >= 0.3 is 0 Å². The van der Waals surface area contributed by atoms with E-state index in [-0.39, 0.29) is 12.4 Å². The highest BCUT2D eigenvalue weighted by atomic mass is 32.2. The minimum Gasteiger partial charge on any atom is -0.381 e. The first-order chi connectivity index (χ1) is 8.07. The van der Waals surface area contributed by atoms with Crippen LogP contribution in [0.2, 0.25) is 0 Å².